The summed E-state index contributed by atoms with van der Waals surface area (Å²) >= 11 is 6.06. The fourth-order valence-electron chi connectivity index (χ4n) is 2.02. The van der Waals surface area contributed by atoms with Crippen LogP contribution in [0.2, 0.25) is 5.02 Å². The van der Waals surface area contributed by atoms with E-state index in [2.05, 4.69) is 24.4 Å². The third-order valence-corrected chi connectivity index (χ3v) is 3.41. The van der Waals surface area contributed by atoms with Crippen LogP contribution in [0.3, 0.4) is 0 Å². The minimum Gasteiger partial charge on any atom is -0.484 e. The van der Waals surface area contributed by atoms with Gasteiger partial charge in [-0.3, -0.25) is 0 Å². The highest BCUT2D eigenvalue weighted by atomic mass is 35.5. The molecule has 2 aromatic carbocycles. The first-order valence-electron chi connectivity index (χ1n) is 6.89. The average molecular weight is 290 g/mol. The Morgan fingerprint density at radius 3 is 2.60 bits per heavy atom. The van der Waals surface area contributed by atoms with Crippen molar-refractivity contribution in [1.82, 2.24) is 5.32 Å². The summed E-state index contributed by atoms with van der Waals surface area (Å²) in [6, 6.07) is 16.0. The first-order valence-corrected chi connectivity index (χ1v) is 7.27. The average Bonchev–Trinajstić information content (AvgIpc) is 2.48. The summed E-state index contributed by atoms with van der Waals surface area (Å²) in [6.07, 6.45) is -0.0201. The summed E-state index contributed by atoms with van der Waals surface area (Å²) in [5.74, 6) is 0.837. The zero-order valence-electron chi connectivity index (χ0n) is 11.9. The number of benzene rings is 2. The molecular weight excluding hydrogens is 270 g/mol. The van der Waals surface area contributed by atoms with Gasteiger partial charge in [-0.2, -0.15) is 0 Å². The molecule has 0 saturated carbocycles. The smallest absolute Gasteiger partial charge is 0.136 e. The van der Waals surface area contributed by atoms with Gasteiger partial charge < -0.3 is 10.1 Å². The van der Waals surface area contributed by atoms with Crippen molar-refractivity contribution < 1.29 is 4.74 Å². The second-order valence-corrected chi connectivity index (χ2v) is 5.17. The predicted molar refractivity (Wildman–Crippen MR) is 84.5 cm³/mol. The van der Waals surface area contributed by atoms with Crippen LogP contribution in [0.25, 0.3) is 0 Å². The Labute approximate surface area is 125 Å². The standard InChI is InChI=1S/C17H20ClNO/c1-3-19-12-17(14-7-5-4-6-8-14)20-16-11-15(18)10-9-13(16)2/h4-11,17,19H,3,12H2,1-2H3. The van der Waals surface area contributed by atoms with Gasteiger partial charge in [-0.15, -0.1) is 0 Å². The topological polar surface area (TPSA) is 21.3 Å². The Kier molecular flexibility index (Phi) is 5.45. The van der Waals surface area contributed by atoms with E-state index in [0.717, 1.165) is 30.0 Å². The summed E-state index contributed by atoms with van der Waals surface area (Å²) < 4.78 is 6.17. The van der Waals surface area contributed by atoms with Gasteiger partial charge in [-0.25, -0.2) is 0 Å². The van der Waals surface area contributed by atoms with Gasteiger partial charge in [0.05, 0.1) is 0 Å². The number of hydrogen-bond donors (Lipinski definition) is 1. The molecule has 1 N–H and O–H groups in total. The minimum absolute atomic E-state index is 0.0201. The summed E-state index contributed by atoms with van der Waals surface area (Å²) in [4.78, 5) is 0. The quantitative estimate of drug-likeness (QED) is 0.852. The minimum atomic E-state index is -0.0201. The van der Waals surface area contributed by atoms with Crippen molar-refractivity contribution in [2.75, 3.05) is 13.1 Å². The monoisotopic (exact) mass is 289 g/mol. The molecule has 0 radical (unpaired) electrons. The molecule has 0 spiro atoms. The van der Waals surface area contributed by atoms with Crippen molar-refractivity contribution in [1.29, 1.82) is 0 Å². The van der Waals surface area contributed by atoms with Crippen LogP contribution in [-0.2, 0) is 0 Å². The molecule has 0 aliphatic heterocycles. The third kappa shape index (κ3) is 3.99. The lowest BCUT2D eigenvalue weighted by molar-refractivity contribution is 0.201. The maximum absolute atomic E-state index is 6.17. The lowest BCUT2D eigenvalue weighted by Gasteiger charge is -2.21. The predicted octanol–water partition coefficient (Wildman–Crippen LogP) is 4.38. The number of rotatable bonds is 6. The fourth-order valence-corrected chi connectivity index (χ4v) is 2.19. The van der Waals surface area contributed by atoms with Gasteiger partial charge in [0, 0.05) is 11.6 Å². The summed E-state index contributed by atoms with van der Waals surface area (Å²) in [5, 5.41) is 4.04. The van der Waals surface area contributed by atoms with E-state index in [1.54, 1.807) is 0 Å². The number of halogens is 1. The van der Waals surface area contributed by atoms with E-state index >= 15 is 0 Å². The number of aryl methyl sites for hydroxylation is 1. The van der Waals surface area contributed by atoms with E-state index in [1.807, 2.05) is 43.3 Å². The molecule has 2 aromatic rings. The molecular formula is C17H20ClNO. The van der Waals surface area contributed by atoms with Crippen LogP contribution in [0.1, 0.15) is 24.2 Å². The number of ether oxygens (including phenoxy) is 1. The first-order chi connectivity index (χ1) is 9.70. The van der Waals surface area contributed by atoms with Gasteiger partial charge in [0.25, 0.3) is 0 Å². The van der Waals surface area contributed by atoms with Gasteiger partial charge in [0.15, 0.2) is 0 Å². The molecule has 0 bridgehead atoms. The van der Waals surface area contributed by atoms with Crippen LogP contribution in [0.4, 0.5) is 0 Å². The van der Waals surface area contributed by atoms with E-state index in [9.17, 15) is 0 Å². The maximum Gasteiger partial charge on any atom is 0.136 e. The molecule has 20 heavy (non-hydrogen) atoms. The van der Waals surface area contributed by atoms with Gasteiger partial charge >= 0.3 is 0 Å². The Morgan fingerprint density at radius 1 is 1.15 bits per heavy atom. The number of nitrogens with one attached hydrogen (secondary N) is 1. The highest BCUT2D eigenvalue weighted by Gasteiger charge is 2.14. The highest BCUT2D eigenvalue weighted by molar-refractivity contribution is 6.30. The first kappa shape index (κ1) is 14.9. The second-order valence-electron chi connectivity index (χ2n) is 4.73. The number of likely N-dealkylation sites (N-methyl/N-ethyl adjacent to an activating group) is 1. The van der Waals surface area contributed by atoms with Crippen molar-refractivity contribution in [2.24, 2.45) is 0 Å². The SMILES string of the molecule is CCNCC(Oc1cc(Cl)ccc1C)c1ccccc1. The third-order valence-electron chi connectivity index (χ3n) is 3.17. The van der Waals surface area contributed by atoms with Crippen LogP contribution < -0.4 is 10.1 Å². The Hall–Kier alpha value is -1.51. The lowest BCUT2D eigenvalue weighted by atomic mass is 10.1. The molecule has 106 valence electrons. The molecule has 2 nitrogen and oxygen atoms in total. The maximum atomic E-state index is 6.17. The van der Waals surface area contributed by atoms with Crippen molar-refractivity contribution in [3.8, 4) is 5.75 Å². The van der Waals surface area contributed by atoms with E-state index in [-0.39, 0.29) is 6.10 Å². The zero-order valence-corrected chi connectivity index (χ0v) is 12.7. The molecule has 3 heteroatoms. The van der Waals surface area contributed by atoms with Crippen LogP contribution >= 0.6 is 11.6 Å². The molecule has 0 aliphatic carbocycles. The van der Waals surface area contributed by atoms with Crippen LogP contribution in [-0.4, -0.2) is 13.1 Å². The molecule has 0 saturated heterocycles. The van der Waals surface area contributed by atoms with Gasteiger partial charge in [0.2, 0.25) is 0 Å². The molecule has 1 unspecified atom stereocenters. The van der Waals surface area contributed by atoms with Gasteiger partial charge in [-0.1, -0.05) is 54.9 Å². The highest BCUT2D eigenvalue weighted by Crippen LogP contribution is 2.27. The van der Waals surface area contributed by atoms with Crippen molar-refractivity contribution in [2.45, 2.75) is 20.0 Å². The normalized spacial score (nSPS) is 12.2. The number of hydrogen-bond acceptors (Lipinski definition) is 2. The Morgan fingerprint density at radius 2 is 1.90 bits per heavy atom. The molecule has 0 aromatic heterocycles. The van der Waals surface area contributed by atoms with E-state index in [0.29, 0.717) is 5.02 Å². The largest absolute Gasteiger partial charge is 0.484 e. The van der Waals surface area contributed by atoms with E-state index in [1.165, 1.54) is 0 Å². The van der Waals surface area contributed by atoms with E-state index in [4.69, 9.17) is 16.3 Å². The molecule has 2 rings (SSSR count). The molecule has 0 fully saturated rings. The van der Waals surface area contributed by atoms with Gasteiger partial charge in [0.1, 0.15) is 11.9 Å². The van der Waals surface area contributed by atoms with E-state index < -0.39 is 0 Å². The molecule has 0 aliphatic rings. The Bertz CT molecular complexity index is 542. The van der Waals surface area contributed by atoms with Crippen LogP contribution in [0, 0.1) is 6.92 Å². The van der Waals surface area contributed by atoms with Crippen LogP contribution in [0.5, 0.6) is 5.75 Å². The van der Waals surface area contributed by atoms with Crippen molar-refractivity contribution in [3.05, 3.63) is 64.7 Å². The molecule has 0 amide bonds. The van der Waals surface area contributed by atoms with Crippen molar-refractivity contribution >= 4 is 11.6 Å². The fraction of sp³-hybridized carbons (Fsp3) is 0.294. The van der Waals surface area contributed by atoms with Gasteiger partial charge in [-0.05, 0) is 36.7 Å². The summed E-state index contributed by atoms with van der Waals surface area (Å²) in [7, 11) is 0. The van der Waals surface area contributed by atoms with Crippen molar-refractivity contribution in [3.63, 3.8) is 0 Å². The second kappa shape index (κ2) is 7.32. The Balaban J connectivity index is 2.21. The summed E-state index contributed by atoms with van der Waals surface area (Å²) in [6.45, 7) is 5.81. The molecule has 0 heterocycles. The lowest BCUT2D eigenvalue weighted by Crippen LogP contribution is -2.25. The summed E-state index contributed by atoms with van der Waals surface area (Å²) in [5.41, 5.74) is 2.25. The van der Waals surface area contributed by atoms with Crippen LogP contribution in [0.15, 0.2) is 48.5 Å². The molecule has 1 atom stereocenters. The zero-order chi connectivity index (χ0) is 14.4.